The maximum atomic E-state index is 13.0. The molecule has 0 radical (unpaired) electrons. The Hall–Kier alpha value is -2.21. The highest BCUT2D eigenvalue weighted by molar-refractivity contribution is 6.30. The summed E-state index contributed by atoms with van der Waals surface area (Å²) in [5.41, 5.74) is 0.412. The third kappa shape index (κ3) is 4.64. The highest BCUT2D eigenvalue weighted by Crippen LogP contribution is 2.36. The van der Waals surface area contributed by atoms with Crippen LogP contribution in [0.25, 0.3) is 0 Å². The molecular weight excluding hydrogens is 341 g/mol. The molecule has 0 unspecified atom stereocenters. The van der Waals surface area contributed by atoms with Crippen molar-refractivity contribution < 1.29 is 18.0 Å². The second-order valence-electron chi connectivity index (χ2n) is 5.41. The first-order valence-corrected chi connectivity index (χ1v) is 7.55. The zero-order valence-corrected chi connectivity index (χ0v) is 13.8. The van der Waals surface area contributed by atoms with E-state index in [0.29, 0.717) is 5.69 Å². The van der Waals surface area contributed by atoms with Crippen LogP contribution in [0.5, 0.6) is 0 Å². The largest absolute Gasteiger partial charge is 0.418 e. The molecule has 2 rings (SSSR count). The molecule has 7 heteroatoms. The van der Waals surface area contributed by atoms with Crippen molar-refractivity contribution in [3.8, 4) is 0 Å². The zero-order valence-electron chi connectivity index (χ0n) is 13.0. The van der Waals surface area contributed by atoms with Crippen LogP contribution in [-0.2, 0) is 11.0 Å². The van der Waals surface area contributed by atoms with E-state index in [2.05, 4.69) is 10.6 Å². The Morgan fingerprint density at radius 1 is 1.17 bits per heavy atom. The minimum absolute atomic E-state index is 0.0498. The van der Waals surface area contributed by atoms with Crippen LogP contribution in [0.2, 0.25) is 5.02 Å². The van der Waals surface area contributed by atoms with Gasteiger partial charge in [-0.25, -0.2) is 0 Å². The smallest absolute Gasteiger partial charge is 0.374 e. The van der Waals surface area contributed by atoms with Crippen LogP contribution in [0.15, 0.2) is 42.5 Å². The Labute approximate surface area is 142 Å². The van der Waals surface area contributed by atoms with Gasteiger partial charge in [0.15, 0.2) is 0 Å². The van der Waals surface area contributed by atoms with E-state index >= 15 is 0 Å². The molecule has 0 aliphatic carbocycles. The van der Waals surface area contributed by atoms with E-state index in [9.17, 15) is 18.0 Å². The van der Waals surface area contributed by atoms with E-state index in [-0.39, 0.29) is 10.7 Å². The Balaban J connectivity index is 2.14. The van der Waals surface area contributed by atoms with Gasteiger partial charge in [-0.15, -0.1) is 0 Å². The molecule has 0 spiro atoms. The van der Waals surface area contributed by atoms with Crippen LogP contribution >= 0.6 is 11.6 Å². The number of nitrogens with one attached hydrogen (secondary N) is 2. The molecule has 2 aromatic carbocycles. The summed E-state index contributed by atoms with van der Waals surface area (Å²) in [5.74, 6) is -0.579. The average molecular weight is 357 g/mol. The second kappa shape index (κ2) is 7.13. The summed E-state index contributed by atoms with van der Waals surface area (Å²) in [4.78, 5) is 12.2. The zero-order chi connectivity index (χ0) is 17.9. The SMILES string of the molecule is Cc1cccc(N[C@@H](C)C(=O)Nc2ccc(Cl)cc2C(F)(F)F)c1. The van der Waals surface area contributed by atoms with Crippen LogP contribution in [0.4, 0.5) is 24.5 Å². The molecule has 128 valence electrons. The molecule has 0 fully saturated rings. The highest BCUT2D eigenvalue weighted by atomic mass is 35.5. The highest BCUT2D eigenvalue weighted by Gasteiger charge is 2.34. The standard InChI is InChI=1S/C17H16ClF3N2O/c1-10-4-3-5-13(8-10)22-11(2)16(24)23-15-7-6-12(18)9-14(15)17(19,20)21/h3-9,11,22H,1-2H3,(H,23,24)/t11-/m0/s1. The predicted molar refractivity (Wildman–Crippen MR) is 89.3 cm³/mol. The van der Waals surface area contributed by atoms with Gasteiger partial charge in [0.1, 0.15) is 6.04 Å². The lowest BCUT2D eigenvalue weighted by Crippen LogP contribution is -2.32. The molecule has 0 aliphatic rings. The predicted octanol–water partition coefficient (Wildman–Crippen LogP) is 5.11. The van der Waals surface area contributed by atoms with Gasteiger partial charge in [0.2, 0.25) is 5.91 Å². The summed E-state index contributed by atoms with van der Waals surface area (Å²) in [5, 5.41) is 5.20. The van der Waals surface area contributed by atoms with Gasteiger partial charge in [-0.2, -0.15) is 13.2 Å². The number of anilines is 2. The van der Waals surface area contributed by atoms with Crippen molar-refractivity contribution in [3.63, 3.8) is 0 Å². The van der Waals surface area contributed by atoms with E-state index in [1.165, 1.54) is 6.07 Å². The summed E-state index contributed by atoms with van der Waals surface area (Å²) in [6.07, 6.45) is -4.61. The Morgan fingerprint density at radius 2 is 1.88 bits per heavy atom. The first-order chi connectivity index (χ1) is 11.2. The summed E-state index contributed by atoms with van der Waals surface area (Å²) in [7, 11) is 0. The van der Waals surface area contributed by atoms with Gasteiger partial charge in [0, 0.05) is 10.7 Å². The lowest BCUT2D eigenvalue weighted by Gasteiger charge is -2.18. The van der Waals surface area contributed by atoms with Crippen LogP contribution < -0.4 is 10.6 Å². The molecule has 0 bridgehead atoms. The van der Waals surface area contributed by atoms with Gasteiger partial charge >= 0.3 is 6.18 Å². The van der Waals surface area contributed by atoms with Gasteiger partial charge < -0.3 is 10.6 Å². The molecule has 2 N–H and O–H groups in total. The van der Waals surface area contributed by atoms with Crippen LogP contribution in [-0.4, -0.2) is 11.9 Å². The fourth-order valence-corrected chi connectivity index (χ4v) is 2.32. The molecule has 1 atom stereocenters. The maximum Gasteiger partial charge on any atom is 0.418 e. The fourth-order valence-electron chi connectivity index (χ4n) is 2.15. The van der Waals surface area contributed by atoms with Gasteiger partial charge in [0.05, 0.1) is 11.3 Å². The lowest BCUT2D eigenvalue weighted by molar-refractivity contribution is -0.137. The number of hydrogen-bond donors (Lipinski definition) is 2. The van der Waals surface area contributed by atoms with E-state index in [1.807, 2.05) is 25.1 Å². The average Bonchev–Trinajstić information content (AvgIpc) is 2.48. The number of halogens is 4. The molecule has 3 nitrogen and oxygen atoms in total. The van der Waals surface area contributed by atoms with E-state index in [0.717, 1.165) is 17.7 Å². The van der Waals surface area contributed by atoms with Crippen molar-refractivity contribution in [2.45, 2.75) is 26.1 Å². The number of benzene rings is 2. The van der Waals surface area contributed by atoms with Crippen LogP contribution in [0, 0.1) is 6.92 Å². The first-order valence-electron chi connectivity index (χ1n) is 7.17. The third-order valence-electron chi connectivity index (χ3n) is 3.34. The Bertz CT molecular complexity index is 747. The van der Waals surface area contributed by atoms with Gasteiger partial charge in [-0.05, 0) is 49.7 Å². The number of carbonyl (C=O) groups excluding carboxylic acids is 1. The molecule has 2 aromatic rings. The van der Waals surface area contributed by atoms with Gasteiger partial charge in [-0.3, -0.25) is 4.79 Å². The number of amides is 1. The second-order valence-corrected chi connectivity index (χ2v) is 5.85. The normalized spacial score (nSPS) is 12.6. The minimum atomic E-state index is -4.61. The van der Waals surface area contributed by atoms with Crippen molar-refractivity contribution in [2.24, 2.45) is 0 Å². The monoisotopic (exact) mass is 356 g/mol. The summed E-state index contributed by atoms with van der Waals surface area (Å²) < 4.78 is 39.1. The fraction of sp³-hybridized carbons (Fsp3) is 0.235. The molecule has 24 heavy (non-hydrogen) atoms. The molecule has 0 aliphatic heterocycles. The Kier molecular flexibility index (Phi) is 5.39. The Morgan fingerprint density at radius 3 is 2.50 bits per heavy atom. The summed E-state index contributed by atoms with van der Waals surface area (Å²) in [6.45, 7) is 3.47. The quantitative estimate of drug-likeness (QED) is 0.799. The lowest BCUT2D eigenvalue weighted by atomic mass is 10.1. The molecule has 0 saturated heterocycles. The summed E-state index contributed by atoms with van der Waals surface area (Å²) >= 11 is 5.62. The van der Waals surface area contributed by atoms with Crippen molar-refractivity contribution in [3.05, 3.63) is 58.6 Å². The van der Waals surface area contributed by atoms with E-state index in [1.54, 1.807) is 13.0 Å². The maximum absolute atomic E-state index is 13.0. The third-order valence-corrected chi connectivity index (χ3v) is 3.57. The van der Waals surface area contributed by atoms with Crippen molar-refractivity contribution >= 4 is 28.9 Å². The number of alkyl halides is 3. The topological polar surface area (TPSA) is 41.1 Å². The molecule has 0 aromatic heterocycles. The molecule has 0 saturated carbocycles. The number of rotatable bonds is 4. The van der Waals surface area contributed by atoms with Gasteiger partial charge in [0.25, 0.3) is 0 Å². The summed E-state index contributed by atoms with van der Waals surface area (Å²) in [6, 6.07) is 9.85. The molecular formula is C17H16ClF3N2O. The number of carbonyl (C=O) groups is 1. The number of aryl methyl sites for hydroxylation is 1. The number of hydrogen-bond acceptors (Lipinski definition) is 2. The molecule has 1 amide bonds. The van der Waals surface area contributed by atoms with E-state index in [4.69, 9.17) is 11.6 Å². The minimum Gasteiger partial charge on any atom is -0.374 e. The van der Waals surface area contributed by atoms with Crippen molar-refractivity contribution in [1.29, 1.82) is 0 Å². The van der Waals surface area contributed by atoms with Crippen molar-refractivity contribution in [2.75, 3.05) is 10.6 Å². The van der Waals surface area contributed by atoms with Crippen LogP contribution in [0.1, 0.15) is 18.1 Å². The van der Waals surface area contributed by atoms with Gasteiger partial charge in [-0.1, -0.05) is 23.7 Å². The van der Waals surface area contributed by atoms with Crippen molar-refractivity contribution in [1.82, 2.24) is 0 Å². The molecule has 0 heterocycles. The first kappa shape index (κ1) is 18.1. The van der Waals surface area contributed by atoms with E-state index < -0.39 is 23.7 Å². The van der Waals surface area contributed by atoms with Crippen LogP contribution in [0.3, 0.4) is 0 Å².